The van der Waals surface area contributed by atoms with E-state index in [9.17, 15) is 0 Å². The Bertz CT molecular complexity index is 306. The van der Waals surface area contributed by atoms with Gasteiger partial charge in [0.05, 0.1) is 7.11 Å². The maximum Gasteiger partial charge on any atom is 0.228 e. The molecule has 0 aliphatic heterocycles. The van der Waals surface area contributed by atoms with Gasteiger partial charge in [0.25, 0.3) is 0 Å². The van der Waals surface area contributed by atoms with Gasteiger partial charge in [0.15, 0.2) is 0 Å². The molecule has 0 bridgehead atoms. The van der Waals surface area contributed by atoms with E-state index in [1.807, 2.05) is 11.9 Å². The van der Waals surface area contributed by atoms with E-state index in [2.05, 4.69) is 32.8 Å². The lowest BCUT2D eigenvalue weighted by atomic mass is 10.3. The van der Waals surface area contributed by atoms with Crippen LogP contribution in [0.25, 0.3) is 0 Å². The fourth-order valence-electron chi connectivity index (χ4n) is 1.10. The van der Waals surface area contributed by atoms with E-state index in [0.29, 0.717) is 16.7 Å². The van der Waals surface area contributed by atoms with Crippen molar-refractivity contribution in [2.24, 2.45) is 0 Å². The predicted molar refractivity (Wildman–Crippen MR) is 64.9 cm³/mol. The van der Waals surface area contributed by atoms with Crippen molar-refractivity contribution < 1.29 is 4.74 Å². The maximum atomic E-state index is 5.04. The number of aromatic nitrogens is 2. The normalized spacial score (nSPS) is 12.3. The van der Waals surface area contributed by atoms with Crippen molar-refractivity contribution >= 4 is 21.9 Å². The zero-order valence-corrected chi connectivity index (χ0v) is 10.9. The van der Waals surface area contributed by atoms with E-state index in [4.69, 9.17) is 4.74 Å². The summed E-state index contributed by atoms with van der Waals surface area (Å²) < 4.78 is 5.04. The highest BCUT2D eigenvalue weighted by Crippen LogP contribution is 2.12. The summed E-state index contributed by atoms with van der Waals surface area (Å²) in [6.45, 7) is 3.04. The van der Waals surface area contributed by atoms with Gasteiger partial charge in [-0.2, -0.15) is 4.98 Å². The predicted octanol–water partition coefficient (Wildman–Crippen LogP) is 2.09. The SMILES string of the molecule is COc1ccnc(N(C)CCC(C)Br)n1. The Labute approximate surface area is 98.8 Å². The number of nitrogens with zero attached hydrogens (tertiary/aromatic N) is 3. The summed E-state index contributed by atoms with van der Waals surface area (Å²) in [5, 5.41) is 0. The fraction of sp³-hybridized carbons (Fsp3) is 0.600. The van der Waals surface area contributed by atoms with Crippen molar-refractivity contribution in [1.29, 1.82) is 0 Å². The molecule has 1 aromatic rings. The van der Waals surface area contributed by atoms with E-state index in [1.165, 1.54) is 0 Å². The molecule has 0 amide bonds. The molecule has 1 atom stereocenters. The molecule has 5 heteroatoms. The molecule has 0 aliphatic carbocycles. The van der Waals surface area contributed by atoms with Gasteiger partial charge in [-0.1, -0.05) is 22.9 Å². The number of methoxy groups -OCH3 is 1. The van der Waals surface area contributed by atoms with Gasteiger partial charge >= 0.3 is 0 Å². The Morgan fingerprint density at radius 2 is 2.33 bits per heavy atom. The lowest BCUT2D eigenvalue weighted by Crippen LogP contribution is -2.22. The van der Waals surface area contributed by atoms with Crippen LogP contribution in [0.2, 0.25) is 0 Å². The first-order valence-corrected chi connectivity index (χ1v) is 5.77. The smallest absolute Gasteiger partial charge is 0.228 e. The average molecular weight is 274 g/mol. The van der Waals surface area contributed by atoms with E-state index < -0.39 is 0 Å². The fourth-order valence-corrected chi connectivity index (χ4v) is 1.31. The Morgan fingerprint density at radius 3 is 2.93 bits per heavy atom. The summed E-state index contributed by atoms with van der Waals surface area (Å²) in [5.41, 5.74) is 0. The third kappa shape index (κ3) is 4.03. The van der Waals surface area contributed by atoms with Crippen LogP contribution < -0.4 is 9.64 Å². The molecule has 84 valence electrons. The van der Waals surface area contributed by atoms with E-state index in [-0.39, 0.29) is 0 Å². The molecule has 0 aliphatic rings. The molecule has 0 saturated heterocycles. The molecular weight excluding hydrogens is 258 g/mol. The zero-order valence-electron chi connectivity index (χ0n) is 9.27. The minimum atomic E-state index is 0.505. The van der Waals surface area contributed by atoms with Crippen LogP contribution in [0.4, 0.5) is 5.95 Å². The van der Waals surface area contributed by atoms with E-state index in [1.54, 1.807) is 19.4 Å². The Morgan fingerprint density at radius 1 is 1.60 bits per heavy atom. The van der Waals surface area contributed by atoms with Gasteiger partial charge in [-0.25, -0.2) is 4.98 Å². The lowest BCUT2D eigenvalue weighted by Gasteiger charge is -2.17. The number of rotatable bonds is 5. The molecule has 15 heavy (non-hydrogen) atoms. The topological polar surface area (TPSA) is 38.2 Å². The molecule has 0 aromatic carbocycles. The first-order valence-electron chi connectivity index (χ1n) is 4.85. The Kier molecular flexibility index (Phi) is 4.81. The van der Waals surface area contributed by atoms with Crippen molar-refractivity contribution in [2.45, 2.75) is 18.2 Å². The van der Waals surface area contributed by atoms with Gasteiger partial charge < -0.3 is 9.64 Å². The average Bonchev–Trinajstić information content (AvgIpc) is 2.26. The molecular formula is C10H16BrN3O. The number of ether oxygens (including phenoxy) is 1. The summed E-state index contributed by atoms with van der Waals surface area (Å²) in [6, 6.07) is 1.74. The number of anilines is 1. The van der Waals surface area contributed by atoms with Gasteiger partial charge in [-0.3, -0.25) is 0 Å². The molecule has 4 nitrogen and oxygen atoms in total. The largest absolute Gasteiger partial charge is 0.481 e. The molecule has 0 N–H and O–H groups in total. The number of halogens is 1. The maximum absolute atomic E-state index is 5.04. The monoisotopic (exact) mass is 273 g/mol. The third-order valence-electron chi connectivity index (χ3n) is 2.03. The minimum absolute atomic E-state index is 0.505. The van der Waals surface area contributed by atoms with Crippen LogP contribution in [0, 0.1) is 0 Å². The summed E-state index contributed by atoms with van der Waals surface area (Å²) in [5.74, 6) is 1.29. The molecule has 1 rings (SSSR count). The van der Waals surface area contributed by atoms with Gasteiger partial charge in [-0.15, -0.1) is 0 Å². The molecule has 0 fully saturated rings. The number of hydrogen-bond donors (Lipinski definition) is 0. The quantitative estimate of drug-likeness (QED) is 0.771. The molecule has 0 spiro atoms. The van der Waals surface area contributed by atoms with Gasteiger partial charge in [0, 0.05) is 30.7 Å². The standard InChI is InChI=1S/C10H16BrN3O/c1-8(11)5-7-14(2)10-12-6-4-9(13-10)15-3/h4,6,8H,5,7H2,1-3H3. The lowest BCUT2D eigenvalue weighted by molar-refractivity contribution is 0.397. The summed E-state index contributed by atoms with van der Waals surface area (Å²) in [7, 11) is 3.58. The van der Waals surface area contributed by atoms with Crippen LogP contribution in [0.5, 0.6) is 5.88 Å². The number of alkyl halides is 1. The minimum Gasteiger partial charge on any atom is -0.481 e. The van der Waals surface area contributed by atoms with Crippen LogP contribution in [0.3, 0.4) is 0 Å². The van der Waals surface area contributed by atoms with Gasteiger partial charge in [0.1, 0.15) is 0 Å². The van der Waals surface area contributed by atoms with E-state index in [0.717, 1.165) is 13.0 Å². The Balaban J connectivity index is 2.60. The van der Waals surface area contributed by atoms with E-state index >= 15 is 0 Å². The highest BCUT2D eigenvalue weighted by atomic mass is 79.9. The molecule has 1 unspecified atom stereocenters. The zero-order chi connectivity index (χ0) is 11.3. The van der Waals surface area contributed by atoms with Crippen LogP contribution in [-0.4, -0.2) is 35.5 Å². The van der Waals surface area contributed by atoms with Crippen LogP contribution in [0.1, 0.15) is 13.3 Å². The third-order valence-corrected chi connectivity index (χ3v) is 2.49. The summed E-state index contributed by atoms with van der Waals surface area (Å²) >= 11 is 3.51. The molecule has 1 heterocycles. The van der Waals surface area contributed by atoms with Crippen LogP contribution in [0.15, 0.2) is 12.3 Å². The Hall–Kier alpha value is -0.840. The van der Waals surface area contributed by atoms with Crippen molar-refractivity contribution in [3.63, 3.8) is 0 Å². The second kappa shape index (κ2) is 5.90. The van der Waals surface area contributed by atoms with Crippen LogP contribution >= 0.6 is 15.9 Å². The molecule has 0 radical (unpaired) electrons. The van der Waals surface area contributed by atoms with Crippen molar-refractivity contribution in [3.8, 4) is 5.88 Å². The highest BCUT2D eigenvalue weighted by Gasteiger charge is 2.06. The summed E-state index contributed by atoms with van der Waals surface area (Å²) in [6.07, 6.45) is 2.76. The van der Waals surface area contributed by atoms with Crippen LogP contribution in [-0.2, 0) is 0 Å². The number of hydrogen-bond acceptors (Lipinski definition) is 4. The second-order valence-electron chi connectivity index (χ2n) is 3.39. The molecule has 0 saturated carbocycles. The summed E-state index contributed by atoms with van der Waals surface area (Å²) in [4.78, 5) is 11.0. The second-order valence-corrected chi connectivity index (χ2v) is 4.95. The first-order chi connectivity index (χ1) is 7.13. The molecule has 1 aromatic heterocycles. The van der Waals surface area contributed by atoms with Gasteiger partial charge in [0.2, 0.25) is 11.8 Å². The van der Waals surface area contributed by atoms with Crippen molar-refractivity contribution in [3.05, 3.63) is 12.3 Å². The highest BCUT2D eigenvalue weighted by molar-refractivity contribution is 9.09. The first kappa shape index (κ1) is 12.2. The van der Waals surface area contributed by atoms with Crippen molar-refractivity contribution in [1.82, 2.24) is 9.97 Å². The van der Waals surface area contributed by atoms with Crippen molar-refractivity contribution in [2.75, 3.05) is 25.6 Å². The van der Waals surface area contributed by atoms with Gasteiger partial charge in [-0.05, 0) is 6.42 Å².